The summed E-state index contributed by atoms with van der Waals surface area (Å²) in [7, 11) is 0. The maximum absolute atomic E-state index is 12.1. The number of nitrogen functional groups attached to an aromatic ring is 1. The van der Waals surface area contributed by atoms with Gasteiger partial charge >= 0.3 is 0 Å². The number of rotatable bonds is 3. The molecule has 0 aliphatic rings. The normalized spacial score (nSPS) is 11.0. The van der Waals surface area contributed by atoms with E-state index in [9.17, 15) is 9.59 Å². The number of anilines is 1. The fourth-order valence-corrected chi connectivity index (χ4v) is 4.45. The van der Waals surface area contributed by atoms with E-state index in [0.29, 0.717) is 32.0 Å². The van der Waals surface area contributed by atoms with Gasteiger partial charge in [0.15, 0.2) is 11.6 Å². The summed E-state index contributed by atoms with van der Waals surface area (Å²) in [5.41, 5.74) is 8.67. The smallest absolute Gasteiger partial charge is 0.171 e. The Balaban J connectivity index is 2.53. The number of nitrogens with zero attached hydrogens (tertiary/aromatic N) is 1. The summed E-state index contributed by atoms with van der Waals surface area (Å²) in [4.78, 5) is 30.6. The molecule has 0 bridgehead atoms. The van der Waals surface area contributed by atoms with Crippen molar-refractivity contribution in [2.45, 2.75) is 20.8 Å². The molecule has 112 valence electrons. The maximum Gasteiger partial charge on any atom is 0.171 e. The third-order valence-corrected chi connectivity index (χ3v) is 5.58. The fraction of sp³-hybridized carbons (Fsp3) is 0.188. The monoisotopic (exact) mass is 330 g/mol. The van der Waals surface area contributed by atoms with Gasteiger partial charge in [-0.3, -0.25) is 9.59 Å². The molecule has 3 aromatic heterocycles. The molecule has 0 spiro atoms. The summed E-state index contributed by atoms with van der Waals surface area (Å²) in [5.74, 6) is -0.134. The van der Waals surface area contributed by atoms with E-state index in [1.807, 2.05) is 24.4 Å². The summed E-state index contributed by atoms with van der Waals surface area (Å²) >= 11 is 2.83. The van der Waals surface area contributed by atoms with Crippen LogP contribution in [0.2, 0.25) is 0 Å². The van der Waals surface area contributed by atoms with Crippen LogP contribution in [0.3, 0.4) is 0 Å². The molecule has 22 heavy (non-hydrogen) atoms. The van der Waals surface area contributed by atoms with E-state index < -0.39 is 0 Å². The van der Waals surface area contributed by atoms with Crippen LogP contribution in [0.25, 0.3) is 20.7 Å². The van der Waals surface area contributed by atoms with Gasteiger partial charge < -0.3 is 5.73 Å². The number of thiophene rings is 2. The van der Waals surface area contributed by atoms with Crippen LogP contribution >= 0.6 is 22.7 Å². The molecule has 0 radical (unpaired) electrons. The standard InChI is InChI=1S/C16H14N2O2S2/c1-7-11(8(2)19)12(10-5-4-6-21-10)13-14(17)15(9(3)20)22-16(13)18-7/h4-6H,17H2,1-3H3. The van der Waals surface area contributed by atoms with Crippen molar-refractivity contribution in [1.29, 1.82) is 0 Å². The molecular formula is C16H14N2O2S2. The lowest BCUT2D eigenvalue weighted by atomic mass is 9.98. The molecular weight excluding hydrogens is 316 g/mol. The lowest BCUT2D eigenvalue weighted by Crippen LogP contribution is -2.03. The van der Waals surface area contributed by atoms with Gasteiger partial charge in [0.1, 0.15) is 4.83 Å². The van der Waals surface area contributed by atoms with E-state index >= 15 is 0 Å². The molecule has 6 heteroatoms. The molecule has 0 saturated heterocycles. The Morgan fingerprint density at radius 3 is 2.50 bits per heavy atom. The summed E-state index contributed by atoms with van der Waals surface area (Å²) in [5, 5.41) is 2.67. The van der Waals surface area contributed by atoms with Crippen LogP contribution in [0.1, 0.15) is 39.6 Å². The number of hydrogen-bond acceptors (Lipinski definition) is 6. The molecule has 4 nitrogen and oxygen atoms in total. The van der Waals surface area contributed by atoms with E-state index in [0.717, 1.165) is 10.4 Å². The first kappa shape index (κ1) is 14.9. The molecule has 3 aromatic rings. The minimum absolute atomic E-state index is 0.0507. The van der Waals surface area contributed by atoms with Crippen LogP contribution in [-0.2, 0) is 0 Å². The highest BCUT2D eigenvalue weighted by Crippen LogP contribution is 2.43. The average Bonchev–Trinajstić information content (AvgIpc) is 3.05. The molecule has 0 fully saturated rings. The zero-order chi connectivity index (χ0) is 16.0. The lowest BCUT2D eigenvalue weighted by Gasteiger charge is -2.10. The number of hydrogen-bond donors (Lipinski definition) is 1. The van der Waals surface area contributed by atoms with Gasteiger partial charge in [0.05, 0.1) is 16.3 Å². The van der Waals surface area contributed by atoms with Gasteiger partial charge in [-0.2, -0.15) is 0 Å². The highest BCUT2D eigenvalue weighted by atomic mass is 32.1. The lowest BCUT2D eigenvalue weighted by molar-refractivity contribution is 0.101. The number of aromatic nitrogens is 1. The summed E-state index contributed by atoms with van der Waals surface area (Å²) < 4.78 is 0. The average molecular weight is 330 g/mol. The van der Waals surface area contributed by atoms with Crippen LogP contribution < -0.4 is 5.73 Å². The highest BCUT2D eigenvalue weighted by Gasteiger charge is 2.24. The first-order valence-corrected chi connectivity index (χ1v) is 8.39. The quantitative estimate of drug-likeness (QED) is 0.726. The Labute approximate surface area is 135 Å². The van der Waals surface area contributed by atoms with Gasteiger partial charge in [-0.15, -0.1) is 22.7 Å². The summed E-state index contributed by atoms with van der Waals surface area (Å²) in [6.45, 7) is 4.84. The van der Waals surface area contributed by atoms with Gasteiger partial charge in [0.2, 0.25) is 0 Å². The van der Waals surface area contributed by atoms with Crippen LogP contribution in [0.4, 0.5) is 5.69 Å². The molecule has 0 saturated carbocycles. The molecule has 0 amide bonds. The van der Waals surface area contributed by atoms with Crippen LogP contribution in [0, 0.1) is 6.92 Å². The van der Waals surface area contributed by atoms with E-state index in [1.165, 1.54) is 25.2 Å². The second kappa shape index (κ2) is 5.30. The molecule has 2 N–H and O–H groups in total. The van der Waals surface area contributed by atoms with Gasteiger partial charge in [-0.05, 0) is 25.3 Å². The zero-order valence-electron chi connectivity index (χ0n) is 12.4. The molecule has 0 aliphatic heterocycles. The molecule has 3 heterocycles. The predicted octanol–water partition coefficient (Wildman–Crippen LogP) is 4.32. The minimum atomic E-state index is -0.0837. The Morgan fingerprint density at radius 2 is 1.95 bits per heavy atom. The molecule has 3 rings (SSSR count). The van der Waals surface area contributed by atoms with Crippen molar-refractivity contribution in [3.63, 3.8) is 0 Å². The van der Waals surface area contributed by atoms with Crippen LogP contribution in [-0.4, -0.2) is 16.6 Å². The first-order valence-electron chi connectivity index (χ1n) is 6.70. The summed E-state index contributed by atoms with van der Waals surface area (Å²) in [6.07, 6.45) is 0. The number of ketones is 2. The molecule has 0 aromatic carbocycles. The highest BCUT2D eigenvalue weighted by molar-refractivity contribution is 7.21. The Hall–Kier alpha value is -2.05. The predicted molar refractivity (Wildman–Crippen MR) is 92.1 cm³/mol. The Kier molecular flexibility index (Phi) is 3.58. The van der Waals surface area contributed by atoms with E-state index in [2.05, 4.69) is 4.98 Å². The van der Waals surface area contributed by atoms with E-state index in [4.69, 9.17) is 5.73 Å². The third kappa shape index (κ3) is 2.15. The molecule has 0 unspecified atom stereocenters. The SMILES string of the molecule is CC(=O)c1sc2nc(C)c(C(C)=O)c(-c3cccs3)c2c1N. The number of nitrogens with two attached hydrogens (primary N) is 1. The van der Waals surface area contributed by atoms with Gasteiger partial charge in [-0.25, -0.2) is 4.98 Å². The number of aryl methyl sites for hydroxylation is 1. The Morgan fingerprint density at radius 1 is 1.23 bits per heavy atom. The zero-order valence-corrected chi connectivity index (χ0v) is 14.0. The second-order valence-corrected chi connectivity index (χ2v) is 7.01. The topological polar surface area (TPSA) is 73.0 Å². The van der Waals surface area contributed by atoms with Crippen LogP contribution in [0.5, 0.6) is 0 Å². The van der Waals surface area contributed by atoms with Crippen molar-refractivity contribution in [1.82, 2.24) is 4.98 Å². The van der Waals surface area contributed by atoms with Gasteiger partial charge in [0.25, 0.3) is 0 Å². The number of pyridine rings is 1. The molecule has 0 atom stereocenters. The van der Waals surface area contributed by atoms with Crippen LogP contribution in [0.15, 0.2) is 17.5 Å². The maximum atomic E-state index is 12.1. The number of fused-ring (bicyclic) bond motifs is 1. The van der Waals surface area contributed by atoms with Crippen molar-refractivity contribution in [3.05, 3.63) is 33.6 Å². The third-order valence-electron chi connectivity index (χ3n) is 3.50. The van der Waals surface area contributed by atoms with Gasteiger partial charge in [-0.1, -0.05) is 6.07 Å². The fourth-order valence-electron chi connectivity index (χ4n) is 2.63. The summed E-state index contributed by atoms with van der Waals surface area (Å²) in [6, 6.07) is 3.88. The second-order valence-electron chi connectivity index (χ2n) is 5.06. The Bertz CT molecular complexity index is 908. The molecule has 0 aliphatic carbocycles. The van der Waals surface area contributed by atoms with Crippen molar-refractivity contribution in [2.75, 3.05) is 5.73 Å². The van der Waals surface area contributed by atoms with Gasteiger partial charge in [0, 0.05) is 28.3 Å². The van der Waals surface area contributed by atoms with E-state index in [-0.39, 0.29) is 11.6 Å². The number of carbonyl (C=O) groups excluding carboxylic acids is 2. The first-order chi connectivity index (χ1) is 10.4. The minimum Gasteiger partial charge on any atom is -0.397 e. The van der Waals surface area contributed by atoms with Crippen molar-refractivity contribution in [3.8, 4) is 10.4 Å². The van der Waals surface area contributed by atoms with E-state index in [1.54, 1.807) is 11.3 Å². The van der Waals surface area contributed by atoms with Crippen molar-refractivity contribution < 1.29 is 9.59 Å². The van der Waals surface area contributed by atoms with Crippen molar-refractivity contribution >= 4 is 50.1 Å². The van der Waals surface area contributed by atoms with Crippen molar-refractivity contribution in [2.24, 2.45) is 0 Å². The number of Topliss-reactive ketones (excluding diaryl/α,β-unsaturated/α-hetero) is 2. The largest absolute Gasteiger partial charge is 0.397 e. The number of carbonyl (C=O) groups is 2.